The molecule has 6 nitrogen and oxygen atoms in total. The maximum atomic E-state index is 12.1. The maximum absolute atomic E-state index is 12.1. The highest BCUT2D eigenvalue weighted by Crippen LogP contribution is 2.34. The first-order valence-electron chi connectivity index (χ1n) is 6.52. The number of fused-ring (bicyclic) bond motifs is 3. The molecule has 0 spiro atoms. The van der Waals surface area contributed by atoms with Crippen LogP contribution >= 0.6 is 11.3 Å². The van der Waals surface area contributed by atoms with Gasteiger partial charge in [0.2, 0.25) is 0 Å². The van der Waals surface area contributed by atoms with E-state index in [-0.39, 0.29) is 5.56 Å². The zero-order chi connectivity index (χ0) is 14.8. The number of ether oxygens (including phenoxy) is 1. The van der Waals surface area contributed by atoms with Gasteiger partial charge in [0, 0.05) is 46.8 Å². The number of nitrogens with zero attached hydrogens (tertiary/aromatic N) is 1. The van der Waals surface area contributed by atoms with Gasteiger partial charge >= 0.3 is 0 Å². The lowest BCUT2D eigenvalue weighted by Crippen LogP contribution is -2.18. The van der Waals surface area contributed by atoms with Gasteiger partial charge in [-0.25, -0.2) is 0 Å². The van der Waals surface area contributed by atoms with Crippen molar-refractivity contribution in [2.45, 2.75) is 13.0 Å². The van der Waals surface area contributed by atoms with Crippen LogP contribution in [0.25, 0.3) is 20.5 Å². The molecule has 0 saturated heterocycles. The first-order chi connectivity index (χ1) is 10.3. The van der Waals surface area contributed by atoms with Gasteiger partial charge in [0.05, 0.1) is 19.4 Å². The molecule has 1 aliphatic heterocycles. The molecule has 0 unspecified atom stereocenters. The van der Waals surface area contributed by atoms with Gasteiger partial charge in [-0.3, -0.25) is 9.89 Å². The van der Waals surface area contributed by atoms with Crippen molar-refractivity contribution >= 4 is 21.4 Å². The van der Waals surface area contributed by atoms with E-state index in [1.54, 1.807) is 6.20 Å². The van der Waals surface area contributed by atoms with Gasteiger partial charge in [0.15, 0.2) is 0 Å². The van der Waals surface area contributed by atoms with Crippen molar-refractivity contribution in [2.24, 2.45) is 0 Å². The Hall–Kier alpha value is -1.96. The van der Waals surface area contributed by atoms with E-state index in [4.69, 9.17) is 9.84 Å². The Morgan fingerprint density at radius 3 is 3.05 bits per heavy atom. The van der Waals surface area contributed by atoms with E-state index in [1.807, 2.05) is 6.20 Å². The zero-order valence-corrected chi connectivity index (χ0v) is 12.3. The van der Waals surface area contributed by atoms with Crippen molar-refractivity contribution in [3.05, 3.63) is 40.1 Å². The molecule has 0 aliphatic carbocycles. The number of rotatable bonds is 1. The highest BCUT2D eigenvalue weighted by molar-refractivity contribution is 7.22. The molecule has 4 heterocycles. The second kappa shape index (κ2) is 5.80. The average Bonchev–Trinajstić information content (AvgIpc) is 3.19. The van der Waals surface area contributed by atoms with Crippen molar-refractivity contribution in [3.8, 4) is 10.4 Å². The Bertz CT molecular complexity index is 805. The normalized spacial score (nSPS) is 13.6. The SMILES string of the molecule is CO.O=c1[nH]c2c(c3cc(-c4cn[nH]c4)sc13)COCC2. The van der Waals surface area contributed by atoms with Gasteiger partial charge in [-0.05, 0) is 6.07 Å². The van der Waals surface area contributed by atoms with Gasteiger partial charge in [0.1, 0.15) is 4.70 Å². The molecule has 0 radical (unpaired) electrons. The highest BCUT2D eigenvalue weighted by Gasteiger charge is 2.18. The number of aliphatic hydroxyl groups excluding tert-OH is 1. The number of H-pyrrole nitrogens is 2. The molecule has 0 saturated carbocycles. The first kappa shape index (κ1) is 14.0. The smallest absolute Gasteiger partial charge is 0.266 e. The number of nitrogens with one attached hydrogen (secondary N) is 2. The molecule has 3 aromatic rings. The number of aromatic amines is 2. The number of hydrogen-bond donors (Lipinski definition) is 3. The maximum Gasteiger partial charge on any atom is 0.266 e. The van der Waals surface area contributed by atoms with Crippen LogP contribution in [0, 0.1) is 0 Å². The molecule has 0 amide bonds. The van der Waals surface area contributed by atoms with Crippen molar-refractivity contribution in [1.82, 2.24) is 15.2 Å². The molecule has 7 heteroatoms. The van der Waals surface area contributed by atoms with Gasteiger partial charge in [0.25, 0.3) is 5.56 Å². The van der Waals surface area contributed by atoms with Gasteiger partial charge in [-0.2, -0.15) is 5.10 Å². The third-order valence-electron chi connectivity index (χ3n) is 3.42. The summed E-state index contributed by atoms with van der Waals surface area (Å²) >= 11 is 1.50. The molecular weight excluding hydrogens is 290 g/mol. The molecule has 21 heavy (non-hydrogen) atoms. The molecule has 110 valence electrons. The van der Waals surface area contributed by atoms with Crippen LogP contribution in [0.1, 0.15) is 11.3 Å². The molecule has 0 fully saturated rings. The van der Waals surface area contributed by atoms with E-state index in [2.05, 4.69) is 21.2 Å². The third kappa shape index (κ3) is 2.39. The number of thiophene rings is 1. The largest absolute Gasteiger partial charge is 0.400 e. The number of hydrogen-bond acceptors (Lipinski definition) is 5. The van der Waals surface area contributed by atoms with Crippen LogP contribution in [0.2, 0.25) is 0 Å². The lowest BCUT2D eigenvalue weighted by Gasteiger charge is -2.16. The number of aliphatic hydroxyl groups is 1. The summed E-state index contributed by atoms with van der Waals surface area (Å²) in [5.74, 6) is 0. The Balaban J connectivity index is 0.000000636. The quantitative estimate of drug-likeness (QED) is 0.637. The van der Waals surface area contributed by atoms with Gasteiger partial charge < -0.3 is 14.8 Å². The second-order valence-corrected chi connectivity index (χ2v) is 5.61. The van der Waals surface area contributed by atoms with Crippen LogP contribution in [0.3, 0.4) is 0 Å². The lowest BCUT2D eigenvalue weighted by atomic mass is 10.1. The van der Waals surface area contributed by atoms with Crippen LogP contribution in [0.15, 0.2) is 23.3 Å². The van der Waals surface area contributed by atoms with E-state index in [1.165, 1.54) is 11.3 Å². The van der Waals surface area contributed by atoms with E-state index in [0.29, 0.717) is 13.2 Å². The fourth-order valence-corrected chi connectivity index (χ4v) is 3.53. The molecule has 4 rings (SSSR count). The van der Waals surface area contributed by atoms with Gasteiger partial charge in [-0.1, -0.05) is 0 Å². The minimum absolute atomic E-state index is 0.00426. The van der Waals surface area contributed by atoms with Crippen molar-refractivity contribution in [1.29, 1.82) is 0 Å². The monoisotopic (exact) mass is 305 g/mol. The van der Waals surface area contributed by atoms with E-state index in [0.717, 1.165) is 45.3 Å². The topological polar surface area (TPSA) is 91.0 Å². The fourth-order valence-electron chi connectivity index (χ4n) is 2.47. The molecule has 1 aliphatic rings. The van der Waals surface area contributed by atoms with Crippen LogP contribution in [-0.2, 0) is 17.8 Å². The zero-order valence-electron chi connectivity index (χ0n) is 11.5. The van der Waals surface area contributed by atoms with Crippen LogP contribution < -0.4 is 5.56 Å². The Kier molecular flexibility index (Phi) is 3.87. The first-order valence-corrected chi connectivity index (χ1v) is 7.34. The summed E-state index contributed by atoms with van der Waals surface area (Å²) in [6.45, 7) is 1.25. The minimum atomic E-state index is -0.00426. The van der Waals surface area contributed by atoms with Crippen LogP contribution in [-0.4, -0.2) is 34.0 Å². The molecule has 0 bridgehead atoms. The standard InChI is InChI=1S/C13H11N3O2S.CH4O/c17-13-12-8(9-6-18-2-1-10(9)16-13)3-11(19-12)7-4-14-15-5-7;1-2/h3-5H,1-2,6H2,(H,14,15)(H,16,17);2H,1H3. The summed E-state index contributed by atoms with van der Waals surface area (Å²) in [6, 6.07) is 2.06. The highest BCUT2D eigenvalue weighted by atomic mass is 32.1. The summed E-state index contributed by atoms with van der Waals surface area (Å²) < 4.78 is 6.27. The van der Waals surface area contributed by atoms with Crippen molar-refractivity contribution in [2.75, 3.05) is 13.7 Å². The van der Waals surface area contributed by atoms with Crippen molar-refractivity contribution in [3.63, 3.8) is 0 Å². The third-order valence-corrected chi connectivity index (χ3v) is 4.60. The molecule has 3 aromatic heterocycles. The summed E-state index contributed by atoms with van der Waals surface area (Å²) in [5, 5.41) is 14.8. The molecular formula is C14H15N3O3S. The van der Waals surface area contributed by atoms with Crippen LogP contribution in [0.4, 0.5) is 0 Å². The summed E-state index contributed by atoms with van der Waals surface area (Å²) in [7, 11) is 1.00. The number of aromatic nitrogens is 3. The predicted octanol–water partition coefficient (Wildman–Crippen LogP) is 1.66. The van der Waals surface area contributed by atoms with E-state index < -0.39 is 0 Å². The predicted molar refractivity (Wildman–Crippen MR) is 81.5 cm³/mol. The minimum Gasteiger partial charge on any atom is -0.400 e. The fraction of sp³-hybridized carbons (Fsp3) is 0.286. The van der Waals surface area contributed by atoms with Crippen molar-refractivity contribution < 1.29 is 9.84 Å². The molecule has 3 N–H and O–H groups in total. The molecule has 0 aromatic carbocycles. The second-order valence-electron chi connectivity index (χ2n) is 4.55. The summed E-state index contributed by atoms with van der Waals surface area (Å²) in [4.78, 5) is 16.2. The Morgan fingerprint density at radius 1 is 1.43 bits per heavy atom. The summed E-state index contributed by atoms with van der Waals surface area (Å²) in [6.07, 6.45) is 4.38. The van der Waals surface area contributed by atoms with E-state index >= 15 is 0 Å². The van der Waals surface area contributed by atoms with Gasteiger partial charge in [-0.15, -0.1) is 11.3 Å². The summed E-state index contributed by atoms with van der Waals surface area (Å²) in [5.41, 5.74) is 3.13. The molecule has 0 atom stereocenters. The number of pyridine rings is 1. The Morgan fingerprint density at radius 2 is 2.29 bits per heavy atom. The Labute approximate surface area is 124 Å². The van der Waals surface area contributed by atoms with Crippen LogP contribution in [0.5, 0.6) is 0 Å². The van der Waals surface area contributed by atoms with E-state index in [9.17, 15) is 4.79 Å². The average molecular weight is 305 g/mol. The lowest BCUT2D eigenvalue weighted by molar-refractivity contribution is 0.110.